The summed E-state index contributed by atoms with van der Waals surface area (Å²) in [6.07, 6.45) is 11.8. The molecule has 1 aromatic carbocycles. The first-order valence-corrected chi connectivity index (χ1v) is 12.2. The van der Waals surface area contributed by atoms with Gasteiger partial charge in [-0.25, -0.2) is 0 Å². The molecular formula is C25H26N4O2S. The lowest BCUT2D eigenvalue weighted by Crippen LogP contribution is -2.14. The number of benzene rings is 1. The topological polar surface area (TPSA) is 73.0 Å². The van der Waals surface area contributed by atoms with Gasteiger partial charge in [0.1, 0.15) is 5.58 Å². The number of fused-ring (bicyclic) bond motifs is 1. The summed E-state index contributed by atoms with van der Waals surface area (Å²) in [5.74, 6) is 1.42. The largest absolute Gasteiger partial charge is 0.451 e. The average molecular weight is 447 g/mol. The second kappa shape index (κ2) is 9.61. The van der Waals surface area contributed by atoms with Gasteiger partial charge < -0.3 is 9.73 Å². The molecule has 0 saturated heterocycles. The molecule has 1 fully saturated rings. The number of nitrogens with zero attached hydrogens (tertiary/aromatic N) is 3. The monoisotopic (exact) mass is 446 g/mol. The second-order valence-electron chi connectivity index (χ2n) is 8.19. The van der Waals surface area contributed by atoms with Gasteiger partial charge in [0.05, 0.1) is 6.54 Å². The molecule has 1 aliphatic carbocycles. The van der Waals surface area contributed by atoms with Crippen LogP contribution >= 0.6 is 11.8 Å². The van der Waals surface area contributed by atoms with E-state index in [1.165, 1.54) is 32.1 Å². The highest BCUT2D eigenvalue weighted by molar-refractivity contribution is 7.99. The van der Waals surface area contributed by atoms with Gasteiger partial charge in [-0.15, -0.1) is 0 Å². The van der Waals surface area contributed by atoms with Crippen molar-refractivity contribution in [1.29, 1.82) is 0 Å². The molecule has 7 heteroatoms. The van der Waals surface area contributed by atoms with Crippen molar-refractivity contribution in [3.63, 3.8) is 0 Å². The van der Waals surface area contributed by atoms with E-state index in [9.17, 15) is 4.79 Å². The highest BCUT2D eigenvalue weighted by Gasteiger charge is 2.23. The van der Waals surface area contributed by atoms with Crippen LogP contribution in [0.4, 0.5) is 5.82 Å². The molecule has 164 valence electrons. The predicted molar refractivity (Wildman–Crippen MR) is 128 cm³/mol. The van der Waals surface area contributed by atoms with Gasteiger partial charge in [0.2, 0.25) is 0 Å². The third-order valence-electron chi connectivity index (χ3n) is 5.90. The summed E-state index contributed by atoms with van der Waals surface area (Å²) < 4.78 is 7.80. The van der Waals surface area contributed by atoms with Crippen LogP contribution < -0.4 is 5.32 Å². The SMILES string of the molecule is O=C(Nc1ccn(Cc2ccncc2)n1)c1oc2ccccc2c1CSC1CCCCC1. The van der Waals surface area contributed by atoms with E-state index in [2.05, 4.69) is 15.4 Å². The van der Waals surface area contributed by atoms with Gasteiger partial charge in [-0.2, -0.15) is 16.9 Å². The lowest BCUT2D eigenvalue weighted by atomic mass is 10.0. The van der Waals surface area contributed by atoms with Crippen LogP contribution in [-0.2, 0) is 12.3 Å². The minimum atomic E-state index is -0.255. The lowest BCUT2D eigenvalue weighted by Gasteiger charge is -2.20. The van der Waals surface area contributed by atoms with Crippen LogP contribution in [0.25, 0.3) is 11.0 Å². The van der Waals surface area contributed by atoms with Gasteiger partial charge in [-0.05, 0) is 36.6 Å². The number of rotatable bonds is 7. The molecule has 0 unspecified atom stereocenters. The number of aromatic nitrogens is 3. The standard InChI is InChI=1S/C25H26N4O2S/c30-25(27-23-12-15-29(28-23)16-18-10-13-26-14-11-18)24-21(17-32-19-6-2-1-3-7-19)20-8-4-5-9-22(20)31-24/h4-5,8-15,19H,1-3,6-7,16-17H2,(H,27,28,30). The average Bonchev–Trinajstić information content (AvgIpc) is 3.43. The smallest absolute Gasteiger partial charge is 0.292 e. The highest BCUT2D eigenvalue weighted by Crippen LogP contribution is 2.35. The van der Waals surface area contributed by atoms with E-state index in [-0.39, 0.29) is 5.91 Å². The number of hydrogen-bond donors (Lipinski definition) is 1. The van der Waals surface area contributed by atoms with Crippen LogP contribution in [0.1, 0.15) is 53.8 Å². The Morgan fingerprint density at radius 2 is 1.91 bits per heavy atom. The van der Waals surface area contributed by atoms with Crippen LogP contribution in [0.15, 0.2) is 65.5 Å². The van der Waals surface area contributed by atoms with Crippen LogP contribution in [-0.4, -0.2) is 25.9 Å². The number of nitrogens with one attached hydrogen (secondary N) is 1. The van der Waals surface area contributed by atoms with Gasteiger partial charge in [0, 0.05) is 46.6 Å². The number of anilines is 1. The van der Waals surface area contributed by atoms with Crippen LogP contribution in [0.2, 0.25) is 0 Å². The third kappa shape index (κ3) is 4.72. The zero-order valence-electron chi connectivity index (χ0n) is 17.9. The van der Waals surface area contributed by atoms with E-state index in [1.807, 2.05) is 54.4 Å². The Kier molecular flexibility index (Phi) is 6.25. The van der Waals surface area contributed by atoms with Crippen molar-refractivity contribution in [2.45, 2.75) is 49.7 Å². The van der Waals surface area contributed by atoms with Crippen LogP contribution in [0.5, 0.6) is 0 Å². The number of carbonyl (C=O) groups is 1. The molecule has 1 aliphatic rings. The number of amides is 1. The molecule has 0 spiro atoms. The molecule has 3 aromatic heterocycles. The minimum Gasteiger partial charge on any atom is -0.451 e. The maximum absolute atomic E-state index is 13.2. The van der Waals surface area contributed by atoms with Crippen LogP contribution in [0, 0.1) is 0 Å². The molecule has 1 saturated carbocycles. The second-order valence-corrected chi connectivity index (χ2v) is 9.47. The van der Waals surface area contributed by atoms with Crippen molar-refractivity contribution in [3.8, 4) is 0 Å². The maximum Gasteiger partial charge on any atom is 0.292 e. The highest BCUT2D eigenvalue weighted by atomic mass is 32.2. The number of pyridine rings is 1. The normalized spacial score (nSPS) is 14.6. The molecule has 32 heavy (non-hydrogen) atoms. The molecule has 0 bridgehead atoms. The molecule has 1 amide bonds. The Balaban J connectivity index is 1.33. The van der Waals surface area contributed by atoms with E-state index in [4.69, 9.17) is 4.42 Å². The fourth-order valence-electron chi connectivity index (χ4n) is 4.22. The lowest BCUT2D eigenvalue weighted by molar-refractivity contribution is 0.0997. The van der Waals surface area contributed by atoms with Crippen molar-refractivity contribution in [1.82, 2.24) is 14.8 Å². The Morgan fingerprint density at radius 3 is 2.75 bits per heavy atom. The van der Waals surface area contributed by atoms with E-state index < -0.39 is 0 Å². The van der Waals surface area contributed by atoms with E-state index in [1.54, 1.807) is 23.1 Å². The first-order valence-electron chi connectivity index (χ1n) is 11.1. The van der Waals surface area contributed by atoms with E-state index >= 15 is 0 Å². The van der Waals surface area contributed by atoms with Gasteiger partial charge in [0.25, 0.3) is 5.91 Å². The van der Waals surface area contributed by atoms with Crippen molar-refractivity contribution in [2.75, 3.05) is 5.32 Å². The number of para-hydroxylation sites is 1. The minimum absolute atomic E-state index is 0.255. The fourth-order valence-corrected chi connectivity index (χ4v) is 5.58. The Hall–Kier alpha value is -3.06. The molecule has 3 heterocycles. The summed E-state index contributed by atoms with van der Waals surface area (Å²) in [6.45, 7) is 0.617. The third-order valence-corrected chi connectivity index (χ3v) is 7.29. The molecule has 5 rings (SSSR count). The first-order chi connectivity index (χ1) is 15.8. The molecule has 0 atom stereocenters. The summed E-state index contributed by atoms with van der Waals surface area (Å²) in [5.41, 5.74) is 2.82. The number of furan rings is 1. The maximum atomic E-state index is 13.2. The number of hydrogen-bond acceptors (Lipinski definition) is 5. The van der Waals surface area contributed by atoms with Crippen molar-refractivity contribution < 1.29 is 9.21 Å². The summed E-state index contributed by atoms with van der Waals surface area (Å²) in [4.78, 5) is 17.2. The quantitative estimate of drug-likeness (QED) is 0.383. The van der Waals surface area contributed by atoms with Gasteiger partial charge in [-0.1, -0.05) is 37.5 Å². The van der Waals surface area contributed by atoms with E-state index in [0.717, 1.165) is 27.8 Å². The predicted octanol–water partition coefficient (Wildman–Crippen LogP) is 5.89. The summed E-state index contributed by atoms with van der Waals surface area (Å²) in [6, 6.07) is 13.6. The summed E-state index contributed by atoms with van der Waals surface area (Å²) in [5, 5.41) is 9.09. The molecular weight excluding hydrogens is 420 g/mol. The van der Waals surface area contributed by atoms with Gasteiger partial charge in [0.15, 0.2) is 11.6 Å². The van der Waals surface area contributed by atoms with Crippen molar-refractivity contribution in [2.24, 2.45) is 0 Å². The Morgan fingerprint density at radius 1 is 1.09 bits per heavy atom. The number of carbonyl (C=O) groups excluding carboxylic acids is 1. The molecule has 4 aromatic rings. The molecule has 6 nitrogen and oxygen atoms in total. The van der Waals surface area contributed by atoms with Crippen molar-refractivity contribution >= 4 is 34.5 Å². The van der Waals surface area contributed by atoms with Gasteiger partial charge in [-0.3, -0.25) is 14.5 Å². The fraction of sp³-hybridized carbons (Fsp3) is 0.320. The zero-order valence-corrected chi connectivity index (χ0v) is 18.7. The zero-order chi connectivity index (χ0) is 21.8. The molecule has 1 N–H and O–H groups in total. The van der Waals surface area contributed by atoms with Crippen molar-refractivity contribution in [3.05, 3.63) is 77.9 Å². The molecule has 0 radical (unpaired) electrons. The summed E-state index contributed by atoms with van der Waals surface area (Å²) in [7, 11) is 0. The van der Waals surface area contributed by atoms with Crippen LogP contribution in [0.3, 0.4) is 0 Å². The first kappa shape index (κ1) is 20.8. The number of thioether (sulfide) groups is 1. The summed E-state index contributed by atoms with van der Waals surface area (Å²) >= 11 is 1.95. The molecule has 0 aliphatic heterocycles. The van der Waals surface area contributed by atoms with E-state index in [0.29, 0.717) is 23.4 Å². The Labute approximate surface area is 191 Å². The Bertz CT molecular complexity index is 1200. The van der Waals surface area contributed by atoms with Gasteiger partial charge >= 0.3 is 0 Å².